The topological polar surface area (TPSA) is 68.0 Å². The van der Waals surface area contributed by atoms with Gasteiger partial charge in [0.2, 0.25) is 0 Å². The van der Waals surface area contributed by atoms with Gasteiger partial charge < -0.3 is 25.0 Å². The quantitative estimate of drug-likeness (QED) is 0.770. The van der Waals surface area contributed by atoms with Crippen LogP contribution in [0.2, 0.25) is 0 Å². The van der Waals surface area contributed by atoms with Crippen molar-refractivity contribution in [1.82, 2.24) is 9.80 Å². The normalized spacial score (nSPS) is 13.7. The second kappa shape index (κ2) is 9.46. The average Bonchev–Trinajstić information content (AvgIpc) is 3.04. The number of hydrogen-bond donors (Lipinski definition) is 1. The predicted molar refractivity (Wildman–Crippen MR) is 113 cm³/mol. The van der Waals surface area contributed by atoms with E-state index in [1.165, 1.54) is 0 Å². The van der Waals surface area contributed by atoms with Crippen LogP contribution in [0, 0.1) is 0 Å². The summed E-state index contributed by atoms with van der Waals surface area (Å²) < 4.78 is 10.8. The molecule has 0 saturated carbocycles. The number of likely N-dealkylation sites (N-methyl/N-ethyl adjacent to an activating group) is 1. The number of benzene rings is 2. The van der Waals surface area contributed by atoms with Crippen LogP contribution in [0.15, 0.2) is 36.4 Å². The highest BCUT2D eigenvalue weighted by Gasteiger charge is 2.35. The second-order valence-corrected chi connectivity index (χ2v) is 6.71. The number of hydrogen-bond acceptors (Lipinski definition) is 5. The van der Waals surface area contributed by atoms with Gasteiger partial charge in [0.05, 0.1) is 25.8 Å². The van der Waals surface area contributed by atoms with Crippen LogP contribution in [0.3, 0.4) is 0 Å². The molecule has 2 N–H and O–H groups in total. The number of nitrogens with two attached hydrogens (primary N) is 1. The van der Waals surface area contributed by atoms with Crippen molar-refractivity contribution in [2.24, 2.45) is 0 Å². The first-order chi connectivity index (χ1) is 13.5. The highest BCUT2D eigenvalue weighted by atomic mass is 16.5. The van der Waals surface area contributed by atoms with E-state index in [1.54, 1.807) is 20.3 Å². The van der Waals surface area contributed by atoms with E-state index >= 15 is 0 Å². The highest BCUT2D eigenvalue weighted by molar-refractivity contribution is 6.03. The first-order valence-corrected chi connectivity index (χ1v) is 9.51. The van der Waals surface area contributed by atoms with E-state index in [-0.39, 0.29) is 11.9 Å². The smallest absolute Gasteiger partial charge is 0.257 e. The van der Waals surface area contributed by atoms with Crippen LogP contribution in [0.5, 0.6) is 11.5 Å². The fourth-order valence-electron chi connectivity index (χ4n) is 3.45. The monoisotopic (exact) mass is 385 g/mol. The van der Waals surface area contributed by atoms with Gasteiger partial charge in [-0.1, -0.05) is 32.0 Å². The molecule has 6 nitrogen and oxygen atoms in total. The molecule has 152 valence electrons. The van der Waals surface area contributed by atoms with Crippen molar-refractivity contribution in [3.8, 4) is 11.5 Å². The molecule has 2 aromatic carbocycles. The molecule has 1 heterocycles. The molecule has 0 aliphatic carbocycles. The molecule has 0 bridgehead atoms. The van der Waals surface area contributed by atoms with Crippen LogP contribution in [0.25, 0.3) is 0 Å². The van der Waals surface area contributed by atoms with E-state index in [0.29, 0.717) is 35.8 Å². The Morgan fingerprint density at radius 1 is 1.11 bits per heavy atom. The molecule has 2 aromatic rings. The SMILES string of the molecule is CC.COc1ccc(C(CN(C)C)N2Cc3cccc(N)c3C2=O)cc1OC. The number of methoxy groups -OCH3 is 2. The van der Waals surface area contributed by atoms with Crippen molar-refractivity contribution in [2.45, 2.75) is 26.4 Å². The van der Waals surface area contributed by atoms with Gasteiger partial charge in [-0.15, -0.1) is 0 Å². The molecule has 0 spiro atoms. The highest BCUT2D eigenvalue weighted by Crippen LogP contribution is 2.37. The average molecular weight is 386 g/mol. The summed E-state index contributed by atoms with van der Waals surface area (Å²) >= 11 is 0. The number of nitrogen functional groups attached to an aromatic ring is 1. The standard InChI is InChI=1S/C20H25N3O3.C2H6/c1-22(2)12-16(13-8-9-17(25-3)18(10-13)26-4)23-11-14-6-5-7-15(21)19(14)20(23)24;1-2/h5-10,16H,11-12,21H2,1-4H3;1-2H3. The van der Waals surface area contributed by atoms with Gasteiger partial charge in [0.15, 0.2) is 11.5 Å². The third-order valence-corrected chi connectivity index (χ3v) is 4.71. The molecule has 1 unspecified atom stereocenters. The summed E-state index contributed by atoms with van der Waals surface area (Å²) in [6.07, 6.45) is 0. The summed E-state index contributed by atoms with van der Waals surface area (Å²) in [5, 5.41) is 0. The van der Waals surface area contributed by atoms with Gasteiger partial charge in [-0.2, -0.15) is 0 Å². The maximum Gasteiger partial charge on any atom is 0.257 e. The van der Waals surface area contributed by atoms with E-state index in [2.05, 4.69) is 4.90 Å². The van der Waals surface area contributed by atoms with Crippen LogP contribution in [-0.4, -0.2) is 50.6 Å². The van der Waals surface area contributed by atoms with Crippen LogP contribution in [0.4, 0.5) is 5.69 Å². The number of ether oxygens (including phenoxy) is 2. The lowest BCUT2D eigenvalue weighted by Crippen LogP contribution is -2.36. The Morgan fingerprint density at radius 3 is 2.36 bits per heavy atom. The first kappa shape index (κ1) is 21.6. The van der Waals surface area contributed by atoms with Crippen molar-refractivity contribution in [2.75, 3.05) is 40.6 Å². The van der Waals surface area contributed by atoms with Crippen molar-refractivity contribution in [1.29, 1.82) is 0 Å². The van der Waals surface area contributed by atoms with E-state index < -0.39 is 0 Å². The zero-order valence-electron chi connectivity index (χ0n) is 17.7. The van der Waals surface area contributed by atoms with Gasteiger partial charge >= 0.3 is 0 Å². The van der Waals surface area contributed by atoms with Gasteiger partial charge in [-0.05, 0) is 43.4 Å². The molecule has 6 heteroatoms. The van der Waals surface area contributed by atoms with Gasteiger partial charge in [0, 0.05) is 18.8 Å². The summed E-state index contributed by atoms with van der Waals surface area (Å²) in [5.74, 6) is 1.29. The summed E-state index contributed by atoms with van der Waals surface area (Å²) in [6.45, 7) is 5.24. The number of nitrogens with zero attached hydrogens (tertiary/aromatic N) is 2. The lowest BCUT2D eigenvalue weighted by atomic mass is 10.0. The van der Waals surface area contributed by atoms with Gasteiger partial charge in [-0.3, -0.25) is 4.79 Å². The molecule has 3 rings (SSSR count). The molecule has 28 heavy (non-hydrogen) atoms. The number of carbonyl (C=O) groups is 1. The summed E-state index contributed by atoms with van der Waals surface area (Å²) in [6, 6.07) is 11.3. The number of carbonyl (C=O) groups excluding carboxylic acids is 1. The van der Waals surface area contributed by atoms with E-state index in [1.807, 2.05) is 63.2 Å². The molecule has 0 saturated heterocycles. The Bertz CT molecular complexity index is 821. The Balaban J connectivity index is 0.00000136. The minimum absolute atomic E-state index is 0.0280. The third-order valence-electron chi connectivity index (χ3n) is 4.71. The molecule has 1 amide bonds. The van der Waals surface area contributed by atoms with E-state index in [4.69, 9.17) is 15.2 Å². The zero-order valence-corrected chi connectivity index (χ0v) is 17.7. The lowest BCUT2D eigenvalue weighted by molar-refractivity contribution is 0.0671. The van der Waals surface area contributed by atoms with Gasteiger partial charge in [0.25, 0.3) is 5.91 Å². The van der Waals surface area contributed by atoms with Crippen molar-refractivity contribution >= 4 is 11.6 Å². The maximum absolute atomic E-state index is 13.1. The molecule has 1 aliphatic heterocycles. The largest absolute Gasteiger partial charge is 0.493 e. The Labute approximate surface area is 167 Å². The Kier molecular flexibility index (Phi) is 7.29. The first-order valence-electron chi connectivity index (χ1n) is 9.51. The number of anilines is 1. The number of amides is 1. The lowest BCUT2D eigenvalue weighted by Gasteiger charge is -2.31. The van der Waals surface area contributed by atoms with Crippen LogP contribution >= 0.6 is 0 Å². The fourth-order valence-corrected chi connectivity index (χ4v) is 3.45. The molecular weight excluding hydrogens is 354 g/mol. The Hall–Kier alpha value is -2.73. The molecule has 1 aliphatic rings. The van der Waals surface area contributed by atoms with Gasteiger partial charge in [0.1, 0.15) is 0 Å². The second-order valence-electron chi connectivity index (χ2n) is 6.71. The number of rotatable bonds is 6. The van der Waals surface area contributed by atoms with Crippen molar-refractivity contribution in [3.63, 3.8) is 0 Å². The summed E-state index contributed by atoms with van der Waals surface area (Å²) in [7, 11) is 7.21. The number of fused-ring (bicyclic) bond motifs is 1. The molecule has 1 atom stereocenters. The minimum atomic E-state index is -0.121. The fraction of sp³-hybridized carbons (Fsp3) is 0.409. The third kappa shape index (κ3) is 4.22. The molecular formula is C22H31N3O3. The van der Waals surface area contributed by atoms with Crippen molar-refractivity contribution < 1.29 is 14.3 Å². The zero-order chi connectivity index (χ0) is 20.8. The molecule has 0 fully saturated rings. The molecule has 0 aromatic heterocycles. The van der Waals surface area contributed by atoms with Crippen LogP contribution in [-0.2, 0) is 6.54 Å². The minimum Gasteiger partial charge on any atom is -0.493 e. The predicted octanol–water partition coefficient (Wildman–Crippen LogP) is 3.57. The van der Waals surface area contributed by atoms with E-state index in [0.717, 1.165) is 11.1 Å². The molecule has 0 radical (unpaired) electrons. The van der Waals surface area contributed by atoms with Crippen LogP contribution < -0.4 is 15.2 Å². The van der Waals surface area contributed by atoms with E-state index in [9.17, 15) is 4.79 Å². The summed E-state index contributed by atoms with van der Waals surface area (Å²) in [5.41, 5.74) is 9.18. The Morgan fingerprint density at radius 2 is 1.79 bits per heavy atom. The summed E-state index contributed by atoms with van der Waals surface area (Å²) in [4.78, 5) is 17.0. The maximum atomic E-state index is 13.1. The van der Waals surface area contributed by atoms with Crippen LogP contribution in [0.1, 0.15) is 41.4 Å². The van der Waals surface area contributed by atoms with Gasteiger partial charge in [-0.25, -0.2) is 0 Å². The van der Waals surface area contributed by atoms with Crippen molar-refractivity contribution in [3.05, 3.63) is 53.1 Å².